The highest BCUT2D eigenvalue weighted by atomic mass is 35.5. The lowest BCUT2D eigenvalue weighted by molar-refractivity contribution is 0.335. The van der Waals surface area contributed by atoms with Crippen molar-refractivity contribution in [3.05, 3.63) is 11.6 Å². The SMILES string of the molecule is C#CC(C)N(C)CC(=C)Cl. The third kappa shape index (κ3) is 3.55. The Kier molecular flexibility index (Phi) is 4.18. The summed E-state index contributed by atoms with van der Waals surface area (Å²) < 4.78 is 0. The summed E-state index contributed by atoms with van der Waals surface area (Å²) in [6, 6.07) is 0.121. The molecule has 1 atom stereocenters. The van der Waals surface area contributed by atoms with E-state index in [-0.39, 0.29) is 6.04 Å². The smallest absolute Gasteiger partial charge is 0.0684 e. The van der Waals surface area contributed by atoms with Gasteiger partial charge in [-0.1, -0.05) is 24.1 Å². The zero-order valence-corrected chi connectivity index (χ0v) is 7.15. The van der Waals surface area contributed by atoms with Crippen LogP contribution in [-0.2, 0) is 0 Å². The first-order chi connectivity index (χ1) is 4.57. The molecule has 0 aromatic carbocycles. The van der Waals surface area contributed by atoms with Crippen LogP contribution in [0.1, 0.15) is 6.92 Å². The van der Waals surface area contributed by atoms with E-state index in [2.05, 4.69) is 12.5 Å². The number of hydrogen-bond donors (Lipinski definition) is 0. The molecule has 56 valence electrons. The average Bonchev–Trinajstić information content (AvgIpc) is 1.85. The van der Waals surface area contributed by atoms with Gasteiger partial charge in [0.05, 0.1) is 6.04 Å². The van der Waals surface area contributed by atoms with Crippen molar-refractivity contribution >= 4 is 11.6 Å². The van der Waals surface area contributed by atoms with E-state index >= 15 is 0 Å². The summed E-state index contributed by atoms with van der Waals surface area (Å²) in [5.41, 5.74) is 0. The summed E-state index contributed by atoms with van der Waals surface area (Å²) in [5, 5.41) is 0.615. The van der Waals surface area contributed by atoms with E-state index in [1.54, 1.807) is 0 Å². The van der Waals surface area contributed by atoms with Crippen LogP contribution in [0.2, 0.25) is 0 Å². The molecule has 0 aliphatic carbocycles. The van der Waals surface area contributed by atoms with Crippen molar-refractivity contribution in [3.63, 3.8) is 0 Å². The molecule has 1 unspecified atom stereocenters. The molecule has 0 fully saturated rings. The molecule has 0 heterocycles. The summed E-state index contributed by atoms with van der Waals surface area (Å²) in [5.74, 6) is 2.60. The standard InChI is InChI=1S/C8H12ClN/c1-5-8(3)10(4)6-7(2)9/h1,8H,2,6H2,3-4H3. The van der Waals surface area contributed by atoms with Gasteiger partial charge in [0.25, 0.3) is 0 Å². The Morgan fingerprint density at radius 3 is 2.70 bits per heavy atom. The van der Waals surface area contributed by atoms with Gasteiger partial charge in [0, 0.05) is 11.6 Å². The van der Waals surface area contributed by atoms with E-state index in [4.69, 9.17) is 18.0 Å². The molecule has 2 heteroatoms. The molecule has 1 nitrogen and oxygen atoms in total. The lowest BCUT2D eigenvalue weighted by atomic mass is 10.3. The topological polar surface area (TPSA) is 3.24 Å². The maximum Gasteiger partial charge on any atom is 0.0684 e. The van der Waals surface area contributed by atoms with Crippen LogP contribution in [0, 0.1) is 12.3 Å². The average molecular weight is 158 g/mol. The number of rotatable bonds is 3. The van der Waals surface area contributed by atoms with Crippen LogP contribution in [0.4, 0.5) is 0 Å². The molecule has 0 rings (SSSR count). The Hall–Kier alpha value is -0.450. The predicted molar refractivity (Wildman–Crippen MR) is 45.9 cm³/mol. The van der Waals surface area contributed by atoms with Crippen molar-refractivity contribution in [1.29, 1.82) is 0 Å². The van der Waals surface area contributed by atoms with Crippen molar-refractivity contribution < 1.29 is 0 Å². The first kappa shape index (κ1) is 9.55. The van der Waals surface area contributed by atoms with E-state index in [1.165, 1.54) is 0 Å². The summed E-state index contributed by atoms with van der Waals surface area (Å²) in [6.45, 7) is 6.16. The van der Waals surface area contributed by atoms with Gasteiger partial charge < -0.3 is 0 Å². The normalized spacial score (nSPS) is 12.7. The fourth-order valence-corrected chi connectivity index (χ4v) is 0.723. The Bertz CT molecular complexity index is 157. The fourth-order valence-electron chi connectivity index (χ4n) is 0.535. The van der Waals surface area contributed by atoms with Crippen LogP contribution in [0.15, 0.2) is 11.6 Å². The second-order valence-electron chi connectivity index (χ2n) is 2.28. The minimum absolute atomic E-state index is 0.121. The van der Waals surface area contributed by atoms with Crippen LogP contribution in [0.25, 0.3) is 0 Å². The van der Waals surface area contributed by atoms with Gasteiger partial charge in [-0.05, 0) is 14.0 Å². The van der Waals surface area contributed by atoms with Crippen LogP contribution >= 0.6 is 11.6 Å². The molecule has 0 saturated carbocycles. The van der Waals surface area contributed by atoms with Crippen LogP contribution in [0.3, 0.4) is 0 Å². The highest BCUT2D eigenvalue weighted by molar-refractivity contribution is 6.29. The quantitative estimate of drug-likeness (QED) is 0.564. The molecule has 0 aromatic rings. The van der Waals surface area contributed by atoms with Crippen molar-refractivity contribution in [1.82, 2.24) is 4.90 Å². The minimum atomic E-state index is 0.121. The van der Waals surface area contributed by atoms with E-state index < -0.39 is 0 Å². The maximum absolute atomic E-state index is 5.57. The number of halogens is 1. The van der Waals surface area contributed by atoms with Crippen LogP contribution < -0.4 is 0 Å². The second kappa shape index (κ2) is 4.38. The zero-order chi connectivity index (χ0) is 8.15. The summed E-state index contributed by atoms with van der Waals surface area (Å²) in [7, 11) is 1.91. The predicted octanol–water partition coefficient (Wildman–Crippen LogP) is 1.69. The lowest BCUT2D eigenvalue weighted by Crippen LogP contribution is -2.28. The summed E-state index contributed by atoms with van der Waals surface area (Å²) in [4.78, 5) is 1.95. The highest BCUT2D eigenvalue weighted by Gasteiger charge is 2.04. The Labute approximate surface area is 67.7 Å². The molecular weight excluding hydrogens is 146 g/mol. The molecule has 0 aliphatic rings. The first-order valence-corrected chi connectivity index (χ1v) is 3.45. The van der Waals surface area contributed by atoms with E-state index in [0.717, 1.165) is 0 Å². The van der Waals surface area contributed by atoms with Gasteiger partial charge in [-0.2, -0.15) is 0 Å². The zero-order valence-electron chi connectivity index (χ0n) is 6.39. The highest BCUT2D eigenvalue weighted by Crippen LogP contribution is 2.01. The number of likely N-dealkylation sites (N-methyl/N-ethyl adjacent to an activating group) is 1. The third-order valence-electron chi connectivity index (χ3n) is 1.32. The lowest BCUT2D eigenvalue weighted by Gasteiger charge is -2.18. The monoisotopic (exact) mass is 157 g/mol. The Morgan fingerprint density at radius 1 is 1.90 bits per heavy atom. The van der Waals surface area contributed by atoms with Gasteiger partial charge in [0.15, 0.2) is 0 Å². The molecule has 0 aromatic heterocycles. The first-order valence-electron chi connectivity index (χ1n) is 3.07. The van der Waals surface area contributed by atoms with Crippen LogP contribution in [-0.4, -0.2) is 24.5 Å². The van der Waals surface area contributed by atoms with Crippen molar-refractivity contribution in [2.24, 2.45) is 0 Å². The van der Waals surface area contributed by atoms with Gasteiger partial charge in [-0.15, -0.1) is 6.42 Å². The summed E-state index contributed by atoms with van der Waals surface area (Å²) >= 11 is 5.57. The number of terminal acetylenes is 1. The maximum atomic E-state index is 5.57. The second-order valence-corrected chi connectivity index (χ2v) is 2.81. The molecule has 0 saturated heterocycles. The van der Waals surface area contributed by atoms with Gasteiger partial charge in [0.2, 0.25) is 0 Å². The molecule has 0 bridgehead atoms. The molecule has 0 radical (unpaired) electrons. The van der Waals surface area contributed by atoms with Crippen molar-refractivity contribution in [2.45, 2.75) is 13.0 Å². The third-order valence-corrected chi connectivity index (χ3v) is 1.44. The van der Waals surface area contributed by atoms with Gasteiger partial charge in [0.1, 0.15) is 0 Å². The van der Waals surface area contributed by atoms with Gasteiger partial charge >= 0.3 is 0 Å². The molecule has 10 heavy (non-hydrogen) atoms. The molecule has 0 N–H and O–H groups in total. The van der Waals surface area contributed by atoms with E-state index in [9.17, 15) is 0 Å². The molecular formula is C8H12ClN. The largest absolute Gasteiger partial charge is 0.288 e. The van der Waals surface area contributed by atoms with Gasteiger partial charge in [-0.25, -0.2) is 0 Å². The number of hydrogen-bond acceptors (Lipinski definition) is 1. The Balaban J connectivity index is 3.75. The molecule has 0 aliphatic heterocycles. The number of nitrogens with zero attached hydrogens (tertiary/aromatic N) is 1. The van der Waals surface area contributed by atoms with Crippen molar-refractivity contribution in [2.75, 3.05) is 13.6 Å². The Morgan fingerprint density at radius 2 is 2.40 bits per heavy atom. The van der Waals surface area contributed by atoms with E-state index in [1.807, 2.05) is 18.9 Å². The van der Waals surface area contributed by atoms with Crippen LogP contribution in [0.5, 0.6) is 0 Å². The molecule has 0 amide bonds. The minimum Gasteiger partial charge on any atom is -0.288 e. The fraction of sp³-hybridized carbons (Fsp3) is 0.500. The van der Waals surface area contributed by atoms with Crippen molar-refractivity contribution in [3.8, 4) is 12.3 Å². The van der Waals surface area contributed by atoms with E-state index in [0.29, 0.717) is 11.6 Å². The molecule has 0 spiro atoms. The van der Waals surface area contributed by atoms with Gasteiger partial charge in [-0.3, -0.25) is 4.90 Å². The summed E-state index contributed by atoms with van der Waals surface area (Å²) in [6.07, 6.45) is 5.18.